The molecule has 3 nitrogen and oxygen atoms in total. The topological polar surface area (TPSA) is 18.5 Å². The summed E-state index contributed by atoms with van der Waals surface area (Å²) in [6, 6.07) is 0. The molecule has 2 saturated heterocycles. The van der Waals surface area contributed by atoms with Crippen molar-refractivity contribution in [1.82, 2.24) is 15.1 Å². The number of hydrogen-bond donors (Lipinski definition) is 1. The third-order valence-corrected chi connectivity index (χ3v) is 4.39. The number of hydrogen-bond acceptors (Lipinski definition) is 3. The van der Waals surface area contributed by atoms with Crippen molar-refractivity contribution in [3.63, 3.8) is 0 Å². The lowest BCUT2D eigenvalue weighted by Gasteiger charge is -2.34. The fourth-order valence-corrected chi connectivity index (χ4v) is 3.27. The van der Waals surface area contributed by atoms with Crippen LogP contribution in [0.1, 0.15) is 33.1 Å². The summed E-state index contributed by atoms with van der Waals surface area (Å²) in [7, 11) is 0. The van der Waals surface area contributed by atoms with Crippen molar-refractivity contribution in [3.8, 4) is 0 Å². The molecule has 0 radical (unpaired) electrons. The molecule has 0 spiro atoms. The van der Waals surface area contributed by atoms with E-state index in [1.54, 1.807) is 0 Å². The van der Waals surface area contributed by atoms with E-state index in [2.05, 4.69) is 29.0 Å². The van der Waals surface area contributed by atoms with Gasteiger partial charge in [-0.1, -0.05) is 13.8 Å². The number of nitrogens with one attached hydrogen (secondary N) is 1. The van der Waals surface area contributed by atoms with Crippen LogP contribution in [-0.2, 0) is 0 Å². The zero-order chi connectivity index (χ0) is 12.8. The Morgan fingerprint density at radius 1 is 1.00 bits per heavy atom. The van der Waals surface area contributed by atoms with E-state index in [4.69, 9.17) is 0 Å². The number of piperazine rings is 1. The normalized spacial score (nSPS) is 24.8. The highest BCUT2D eigenvalue weighted by atomic mass is 15.2. The Bertz CT molecular complexity index is 216. The average molecular weight is 253 g/mol. The van der Waals surface area contributed by atoms with Gasteiger partial charge in [0.2, 0.25) is 0 Å². The first kappa shape index (κ1) is 14.3. The van der Waals surface area contributed by atoms with E-state index in [-0.39, 0.29) is 0 Å². The molecule has 18 heavy (non-hydrogen) atoms. The third-order valence-electron chi connectivity index (χ3n) is 4.39. The molecule has 2 rings (SSSR count). The van der Waals surface area contributed by atoms with Crippen molar-refractivity contribution < 1.29 is 0 Å². The van der Waals surface area contributed by atoms with Crippen molar-refractivity contribution in [2.75, 3.05) is 52.4 Å². The van der Waals surface area contributed by atoms with Crippen LogP contribution in [0.15, 0.2) is 0 Å². The van der Waals surface area contributed by atoms with Crippen LogP contribution in [-0.4, -0.2) is 62.2 Å². The van der Waals surface area contributed by atoms with E-state index >= 15 is 0 Å². The summed E-state index contributed by atoms with van der Waals surface area (Å²) in [5.41, 5.74) is 0. The molecule has 1 N–H and O–H groups in total. The van der Waals surface area contributed by atoms with Crippen molar-refractivity contribution >= 4 is 0 Å². The minimum Gasteiger partial charge on any atom is -0.314 e. The second kappa shape index (κ2) is 7.46. The molecular weight excluding hydrogens is 222 g/mol. The summed E-state index contributed by atoms with van der Waals surface area (Å²) in [5, 5.41) is 3.43. The summed E-state index contributed by atoms with van der Waals surface area (Å²) in [6.07, 6.45) is 4.28. The molecule has 0 aromatic carbocycles. The second-order valence-corrected chi connectivity index (χ2v) is 6.52. The molecule has 0 saturated carbocycles. The Morgan fingerprint density at radius 3 is 2.28 bits per heavy atom. The first-order valence-electron chi connectivity index (χ1n) is 7.89. The first-order valence-corrected chi connectivity index (χ1v) is 7.89. The molecule has 2 aliphatic heterocycles. The molecule has 3 heteroatoms. The monoisotopic (exact) mass is 253 g/mol. The van der Waals surface area contributed by atoms with Crippen LogP contribution in [0.25, 0.3) is 0 Å². The fraction of sp³-hybridized carbons (Fsp3) is 1.00. The number of likely N-dealkylation sites (tertiary alicyclic amines) is 1. The molecule has 0 unspecified atom stereocenters. The molecule has 0 aromatic heterocycles. The van der Waals surface area contributed by atoms with Gasteiger partial charge in [-0.2, -0.15) is 0 Å². The maximum Gasteiger partial charge on any atom is 0.0107 e. The van der Waals surface area contributed by atoms with E-state index in [9.17, 15) is 0 Å². The Morgan fingerprint density at radius 2 is 1.67 bits per heavy atom. The van der Waals surface area contributed by atoms with Crippen LogP contribution >= 0.6 is 0 Å². The maximum absolute atomic E-state index is 3.43. The van der Waals surface area contributed by atoms with Crippen LogP contribution in [0.3, 0.4) is 0 Å². The van der Waals surface area contributed by atoms with Crippen molar-refractivity contribution in [2.45, 2.75) is 33.1 Å². The number of nitrogens with zero attached hydrogens (tertiary/aromatic N) is 2. The Balaban J connectivity index is 1.58. The summed E-state index contributed by atoms with van der Waals surface area (Å²) in [4.78, 5) is 5.29. The van der Waals surface area contributed by atoms with E-state index in [1.165, 1.54) is 71.6 Å². The molecule has 2 aliphatic rings. The predicted octanol–water partition coefficient (Wildman–Crippen LogP) is 1.65. The molecule has 2 heterocycles. The number of piperidine rings is 1. The van der Waals surface area contributed by atoms with E-state index in [0.29, 0.717) is 0 Å². The van der Waals surface area contributed by atoms with Gasteiger partial charge in [0.25, 0.3) is 0 Å². The van der Waals surface area contributed by atoms with E-state index < -0.39 is 0 Å². The molecule has 0 aromatic rings. The lowest BCUT2D eigenvalue weighted by Crippen LogP contribution is -2.44. The Labute approximate surface area is 113 Å². The van der Waals surface area contributed by atoms with E-state index in [0.717, 1.165) is 11.8 Å². The van der Waals surface area contributed by atoms with Crippen molar-refractivity contribution in [3.05, 3.63) is 0 Å². The second-order valence-electron chi connectivity index (χ2n) is 6.52. The van der Waals surface area contributed by atoms with Gasteiger partial charge in [0.05, 0.1) is 0 Å². The third kappa shape index (κ3) is 4.87. The maximum atomic E-state index is 3.43. The quantitative estimate of drug-likeness (QED) is 0.804. The summed E-state index contributed by atoms with van der Waals surface area (Å²) in [5.74, 6) is 1.81. The van der Waals surface area contributed by atoms with Gasteiger partial charge in [0, 0.05) is 32.7 Å². The van der Waals surface area contributed by atoms with Gasteiger partial charge in [-0.15, -0.1) is 0 Å². The van der Waals surface area contributed by atoms with Crippen molar-refractivity contribution in [2.24, 2.45) is 11.8 Å². The largest absolute Gasteiger partial charge is 0.314 e. The lowest BCUT2D eigenvalue weighted by atomic mass is 9.93. The molecule has 106 valence electrons. The van der Waals surface area contributed by atoms with Gasteiger partial charge in [0.15, 0.2) is 0 Å². The van der Waals surface area contributed by atoms with E-state index in [1.807, 2.05) is 0 Å². The van der Waals surface area contributed by atoms with Crippen LogP contribution in [0.4, 0.5) is 0 Å². The fourth-order valence-electron chi connectivity index (χ4n) is 3.27. The average Bonchev–Trinajstić information content (AvgIpc) is 2.38. The van der Waals surface area contributed by atoms with Gasteiger partial charge in [-0.3, -0.25) is 0 Å². The first-order chi connectivity index (χ1) is 8.74. The zero-order valence-corrected chi connectivity index (χ0v) is 12.3. The van der Waals surface area contributed by atoms with Gasteiger partial charge < -0.3 is 15.1 Å². The summed E-state index contributed by atoms with van der Waals surface area (Å²) >= 11 is 0. The molecule has 2 fully saturated rings. The van der Waals surface area contributed by atoms with Gasteiger partial charge in [-0.05, 0) is 50.7 Å². The SMILES string of the molecule is CC(C)CN1CCC(CCN2CCNCC2)CC1. The smallest absolute Gasteiger partial charge is 0.0107 e. The highest BCUT2D eigenvalue weighted by Gasteiger charge is 2.20. The highest BCUT2D eigenvalue weighted by molar-refractivity contribution is 4.75. The van der Waals surface area contributed by atoms with Crippen LogP contribution < -0.4 is 5.32 Å². The molecule has 0 atom stereocenters. The summed E-state index contributed by atoms with van der Waals surface area (Å²) < 4.78 is 0. The Hall–Kier alpha value is -0.120. The number of rotatable bonds is 5. The molecule has 0 aliphatic carbocycles. The highest BCUT2D eigenvalue weighted by Crippen LogP contribution is 2.21. The van der Waals surface area contributed by atoms with Crippen LogP contribution in [0.2, 0.25) is 0 Å². The molecule has 0 amide bonds. The zero-order valence-electron chi connectivity index (χ0n) is 12.3. The minimum absolute atomic E-state index is 0.822. The van der Waals surface area contributed by atoms with Gasteiger partial charge >= 0.3 is 0 Å². The minimum atomic E-state index is 0.822. The lowest BCUT2D eigenvalue weighted by molar-refractivity contribution is 0.148. The molecule has 0 bridgehead atoms. The predicted molar refractivity (Wildman–Crippen MR) is 77.9 cm³/mol. The van der Waals surface area contributed by atoms with Crippen LogP contribution in [0, 0.1) is 11.8 Å². The Kier molecular flexibility index (Phi) is 5.93. The van der Waals surface area contributed by atoms with Gasteiger partial charge in [-0.25, -0.2) is 0 Å². The van der Waals surface area contributed by atoms with Gasteiger partial charge in [0.1, 0.15) is 0 Å². The van der Waals surface area contributed by atoms with Crippen LogP contribution in [0.5, 0.6) is 0 Å². The summed E-state index contributed by atoms with van der Waals surface area (Å²) in [6.45, 7) is 14.8. The molecular formula is C15H31N3. The van der Waals surface area contributed by atoms with Crippen molar-refractivity contribution in [1.29, 1.82) is 0 Å². The standard InChI is InChI=1S/C15H31N3/c1-14(2)13-18-9-4-15(5-10-18)3-8-17-11-6-16-7-12-17/h14-16H,3-13H2,1-2H3.